The quantitative estimate of drug-likeness (QED) is 0.420. The zero-order valence-corrected chi connectivity index (χ0v) is 17.4. The molecular weight excluding hydrogens is 384 g/mol. The number of hydrogen-bond acceptors (Lipinski definition) is 4. The van der Waals surface area contributed by atoms with Gasteiger partial charge in [0.05, 0.1) is 0 Å². The van der Waals surface area contributed by atoms with Gasteiger partial charge in [-0.1, -0.05) is 44.2 Å². The van der Waals surface area contributed by atoms with Crippen molar-refractivity contribution in [2.45, 2.75) is 45.2 Å². The van der Waals surface area contributed by atoms with Crippen LogP contribution < -0.4 is 21.7 Å². The standard InChI is InChI=1S/C22H30N4O4/c1-14(2)12-18(25-19(27)9-8-15-6-4-3-5-7-15)22(30)26-17(20(23)28)13-16-10-11-24-21(16)29/h3-9,14,16-18H,10-13H2,1-2H3,(H2,23,28)(H,24,29)(H,25,27)(H,26,30)/b9-8+/t16-,17-,18-/m0/s1. The third kappa shape index (κ3) is 7.35. The van der Waals surface area contributed by atoms with Gasteiger partial charge in [-0.3, -0.25) is 19.2 Å². The first-order chi connectivity index (χ1) is 14.3. The molecule has 0 aromatic heterocycles. The maximum atomic E-state index is 12.8. The lowest BCUT2D eigenvalue weighted by atomic mass is 9.97. The lowest BCUT2D eigenvalue weighted by molar-refractivity contribution is -0.131. The highest BCUT2D eigenvalue weighted by Gasteiger charge is 2.32. The lowest BCUT2D eigenvalue weighted by Crippen LogP contribution is -2.53. The van der Waals surface area contributed by atoms with Gasteiger partial charge in [0.1, 0.15) is 12.1 Å². The van der Waals surface area contributed by atoms with Gasteiger partial charge in [-0.05, 0) is 36.8 Å². The van der Waals surface area contributed by atoms with E-state index < -0.39 is 29.8 Å². The van der Waals surface area contributed by atoms with Crippen LogP contribution in [0.25, 0.3) is 6.08 Å². The van der Waals surface area contributed by atoms with E-state index >= 15 is 0 Å². The SMILES string of the molecule is CC(C)C[C@H](NC(=O)/C=C/c1ccccc1)C(=O)N[C@@H](C[C@@H]1CCNC1=O)C(N)=O. The Balaban J connectivity index is 2.01. The summed E-state index contributed by atoms with van der Waals surface area (Å²) in [5.74, 6) is -1.99. The molecule has 1 fully saturated rings. The number of carbonyl (C=O) groups excluding carboxylic acids is 4. The van der Waals surface area contributed by atoms with Gasteiger partial charge < -0.3 is 21.7 Å². The van der Waals surface area contributed by atoms with Crippen molar-refractivity contribution in [1.82, 2.24) is 16.0 Å². The Morgan fingerprint density at radius 3 is 2.43 bits per heavy atom. The molecule has 162 valence electrons. The second kappa shape index (κ2) is 11.1. The first-order valence-electron chi connectivity index (χ1n) is 10.2. The number of nitrogens with one attached hydrogen (secondary N) is 3. The number of amides is 4. The lowest BCUT2D eigenvalue weighted by Gasteiger charge is -2.23. The van der Waals surface area contributed by atoms with Crippen LogP contribution in [0.2, 0.25) is 0 Å². The molecule has 0 saturated carbocycles. The molecule has 5 N–H and O–H groups in total. The number of carbonyl (C=O) groups is 4. The van der Waals surface area contributed by atoms with E-state index in [1.807, 2.05) is 44.2 Å². The van der Waals surface area contributed by atoms with Crippen molar-refractivity contribution in [1.29, 1.82) is 0 Å². The van der Waals surface area contributed by atoms with Crippen molar-refractivity contribution in [3.05, 3.63) is 42.0 Å². The molecule has 30 heavy (non-hydrogen) atoms. The molecule has 3 atom stereocenters. The molecule has 1 saturated heterocycles. The Morgan fingerprint density at radius 1 is 1.17 bits per heavy atom. The molecule has 0 bridgehead atoms. The topological polar surface area (TPSA) is 130 Å². The summed E-state index contributed by atoms with van der Waals surface area (Å²) in [5.41, 5.74) is 6.30. The van der Waals surface area contributed by atoms with Gasteiger partial charge in [0.25, 0.3) is 0 Å². The Kier molecular flexibility index (Phi) is 8.58. The van der Waals surface area contributed by atoms with E-state index in [0.717, 1.165) is 5.56 Å². The van der Waals surface area contributed by atoms with Gasteiger partial charge in [0.2, 0.25) is 23.6 Å². The molecule has 2 rings (SSSR count). The summed E-state index contributed by atoms with van der Waals surface area (Å²) in [6, 6.07) is 7.53. The summed E-state index contributed by atoms with van der Waals surface area (Å²) in [6.07, 6.45) is 4.15. The molecule has 1 aromatic carbocycles. The van der Waals surface area contributed by atoms with E-state index in [4.69, 9.17) is 5.73 Å². The van der Waals surface area contributed by atoms with Crippen molar-refractivity contribution in [2.24, 2.45) is 17.6 Å². The van der Waals surface area contributed by atoms with Crippen molar-refractivity contribution < 1.29 is 19.2 Å². The minimum Gasteiger partial charge on any atom is -0.368 e. The van der Waals surface area contributed by atoms with Gasteiger partial charge in [-0.25, -0.2) is 0 Å². The summed E-state index contributed by atoms with van der Waals surface area (Å²) in [6.45, 7) is 4.41. The van der Waals surface area contributed by atoms with E-state index in [9.17, 15) is 19.2 Å². The number of primary amides is 1. The number of nitrogens with two attached hydrogens (primary N) is 1. The van der Waals surface area contributed by atoms with Gasteiger partial charge in [0.15, 0.2) is 0 Å². The normalized spacial score (nSPS) is 18.1. The minimum absolute atomic E-state index is 0.131. The maximum Gasteiger partial charge on any atom is 0.244 e. The third-order valence-electron chi connectivity index (χ3n) is 4.91. The Morgan fingerprint density at radius 2 is 1.87 bits per heavy atom. The molecule has 4 amide bonds. The molecule has 0 aliphatic carbocycles. The fraction of sp³-hybridized carbons (Fsp3) is 0.455. The highest BCUT2D eigenvalue weighted by molar-refractivity contribution is 5.96. The summed E-state index contributed by atoms with van der Waals surface area (Å²) >= 11 is 0. The van der Waals surface area contributed by atoms with Crippen LogP contribution in [0.1, 0.15) is 38.7 Å². The average Bonchev–Trinajstić information content (AvgIpc) is 3.10. The van der Waals surface area contributed by atoms with E-state index in [0.29, 0.717) is 19.4 Å². The monoisotopic (exact) mass is 414 g/mol. The zero-order chi connectivity index (χ0) is 22.1. The van der Waals surface area contributed by atoms with Crippen LogP contribution in [0, 0.1) is 11.8 Å². The molecule has 0 unspecified atom stereocenters. The molecule has 1 aromatic rings. The van der Waals surface area contributed by atoms with Crippen molar-refractivity contribution in [2.75, 3.05) is 6.54 Å². The van der Waals surface area contributed by atoms with Crippen molar-refractivity contribution in [3.63, 3.8) is 0 Å². The minimum atomic E-state index is -0.974. The van der Waals surface area contributed by atoms with Gasteiger partial charge in [0, 0.05) is 18.5 Å². The van der Waals surface area contributed by atoms with Crippen LogP contribution in [0.3, 0.4) is 0 Å². The molecule has 0 spiro atoms. The molecular formula is C22H30N4O4. The fourth-order valence-electron chi connectivity index (χ4n) is 3.33. The van der Waals surface area contributed by atoms with Gasteiger partial charge in [-0.15, -0.1) is 0 Å². The number of hydrogen-bond donors (Lipinski definition) is 4. The van der Waals surface area contributed by atoms with Crippen LogP contribution in [0.15, 0.2) is 36.4 Å². The summed E-state index contributed by atoms with van der Waals surface area (Å²) in [5, 5.41) is 8.01. The van der Waals surface area contributed by atoms with Crippen LogP contribution in [0.4, 0.5) is 0 Å². The first kappa shape index (κ1) is 23.1. The highest BCUT2D eigenvalue weighted by atomic mass is 16.2. The summed E-state index contributed by atoms with van der Waals surface area (Å²) in [7, 11) is 0. The van der Waals surface area contributed by atoms with Crippen LogP contribution in [-0.4, -0.2) is 42.3 Å². The second-order valence-corrected chi connectivity index (χ2v) is 7.91. The average molecular weight is 415 g/mol. The van der Waals surface area contributed by atoms with Crippen LogP contribution >= 0.6 is 0 Å². The molecule has 1 heterocycles. The summed E-state index contributed by atoms with van der Waals surface area (Å²) < 4.78 is 0. The number of rotatable bonds is 10. The predicted octanol–water partition coefficient (Wildman–Crippen LogP) is 0.727. The van der Waals surface area contributed by atoms with E-state index in [-0.39, 0.29) is 24.2 Å². The molecule has 1 aliphatic rings. The second-order valence-electron chi connectivity index (χ2n) is 7.91. The van der Waals surface area contributed by atoms with Crippen molar-refractivity contribution in [3.8, 4) is 0 Å². The molecule has 1 aliphatic heterocycles. The van der Waals surface area contributed by atoms with E-state index in [1.54, 1.807) is 6.08 Å². The molecule has 8 heteroatoms. The van der Waals surface area contributed by atoms with E-state index in [1.165, 1.54) is 6.08 Å². The maximum absolute atomic E-state index is 12.8. The molecule has 0 radical (unpaired) electrons. The highest BCUT2D eigenvalue weighted by Crippen LogP contribution is 2.16. The number of benzene rings is 1. The third-order valence-corrected chi connectivity index (χ3v) is 4.91. The van der Waals surface area contributed by atoms with Crippen molar-refractivity contribution >= 4 is 29.7 Å². The summed E-state index contributed by atoms with van der Waals surface area (Å²) in [4.78, 5) is 48.8. The fourth-order valence-corrected chi connectivity index (χ4v) is 3.33. The van der Waals surface area contributed by atoms with Gasteiger partial charge >= 0.3 is 0 Å². The predicted molar refractivity (Wildman–Crippen MR) is 114 cm³/mol. The van der Waals surface area contributed by atoms with Crippen LogP contribution in [-0.2, 0) is 19.2 Å². The van der Waals surface area contributed by atoms with Gasteiger partial charge in [-0.2, -0.15) is 0 Å². The zero-order valence-electron chi connectivity index (χ0n) is 17.4. The van der Waals surface area contributed by atoms with Crippen LogP contribution in [0.5, 0.6) is 0 Å². The first-order valence-corrected chi connectivity index (χ1v) is 10.2. The Bertz CT molecular complexity index is 792. The Labute approximate surface area is 176 Å². The molecule has 8 nitrogen and oxygen atoms in total. The van der Waals surface area contributed by atoms with E-state index in [2.05, 4.69) is 16.0 Å². The smallest absolute Gasteiger partial charge is 0.244 e. The Hall–Kier alpha value is -3.16. The largest absolute Gasteiger partial charge is 0.368 e.